The van der Waals surface area contributed by atoms with E-state index >= 15 is 0 Å². The lowest BCUT2D eigenvalue weighted by atomic mass is 10.0. The number of amides is 5. The molecule has 282 valence electrons. The molecule has 1 aromatic carbocycles. The summed E-state index contributed by atoms with van der Waals surface area (Å²) in [5.41, 5.74) is 11.5. The SMILES string of the molecule is CC(C)C[C@H](NC(=O)[C@H](Cc1ccccc1)NC(=O)[C@H](CO)NC(=O)[C@H](CCCN=C(N)N)NC(=O)[C@@H]1CCCN1C(=O)[C@@H]1CCCN1)C(=O)O. The normalized spacial score (nSPS) is 19.3. The summed E-state index contributed by atoms with van der Waals surface area (Å²) in [5.74, 6) is -4.55. The standard InChI is InChI=1S/C34H53N9O8/c1-20(2)17-25(33(50)51)41-29(46)24(18-21-9-4-3-5-10-21)40-30(47)26(19-44)42-28(45)22(11-6-15-38-34(35)36)39-31(48)27-13-8-16-43(27)32(49)23-12-7-14-37-23/h3-5,9-10,20,22-27,37,44H,6-8,11-19H2,1-2H3,(H,39,48)(H,40,47)(H,41,46)(H,42,45)(H,50,51)(H4,35,36,38)/t22-,23-,24-,25-,26-,27-/m0/s1. The third-order valence-corrected chi connectivity index (χ3v) is 8.83. The summed E-state index contributed by atoms with van der Waals surface area (Å²) in [6, 6.07) is 2.41. The van der Waals surface area contributed by atoms with Crippen molar-refractivity contribution in [3.63, 3.8) is 0 Å². The molecule has 0 radical (unpaired) electrons. The van der Waals surface area contributed by atoms with Crippen LogP contribution in [0.5, 0.6) is 0 Å². The number of nitrogens with one attached hydrogen (secondary N) is 5. The van der Waals surface area contributed by atoms with E-state index in [1.807, 2.05) is 13.8 Å². The molecule has 0 saturated carbocycles. The first kappa shape index (κ1) is 40.7. The van der Waals surface area contributed by atoms with Crippen LogP contribution in [0.1, 0.15) is 64.4 Å². The van der Waals surface area contributed by atoms with Gasteiger partial charge in [0, 0.05) is 19.5 Å². The number of benzene rings is 1. The van der Waals surface area contributed by atoms with E-state index in [1.165, 1.54) is 4.90 Å². The Kier molecular flexibility index (Phi) is 16.1. The third-order valence-electron chi connectivity index (χ3n) is 8.83. The second-order valence-electron chi connectivity index (χ2n) is 13.4. The minimum Gasteiger partial charge on any atom is -0.480 e. The van der Waals surface area contributed by atoms with Gasteiger partial charge in [0.15, 0.2) is 5.96 Å². The topological polar surface area (TPSA) is 271 Å². The van der Waals surface area contributed by atoms with Crippen molar-refractivity contribution in [2.45, 2.75) is 101 Å². The number of nitrogens with two attached hydrogens (primary N) is 2. The summed E-state index contributed by atoms with van der Waals surface area (Å²) in [4.78, 5) is 84.5. The molecule has 17 nitrogen and oxygen atoms in total. The number of aliphatic hydroxyl groups is 1. The van der Waals surface area contributed by atoms with Crippen LogP contribution < -0.4 is 38.1 Å². The fourth-order valence-electron chi connectivity index (χ4n) is 6.20. The summed E-state index contributed by atoms with van der Waals surface area (Å²) in [6.45, 7) is 4.05. The predicted molar refractivity (Wildman–Crippen MR) is 188 cm³/mol. The van der Waals surface area contributed by atoms with Crippen molar-refractivity contribution in [1.29, 1.82) is 0 Å². The Morgan fingerprint density at radius 1 is 0.902 bits per heavy atom. The molecule has 3 rings (SSSR count). The van der Waals surface area contributed by atoms with Crippen LogP contribution in [0, 0.1) is 5.92 Å². The molecule has 0 aliphatic carbocycles. The maximum Gasteiger partial charge on any atom is 0.326 e. The van der Waals surface area contributed by atoms with Crippen molar-refractivity contribution in [3.05, 3.63) is 35.9 Å². The van der Waals surface area contributed by atoms with Crippen LogP contribution >= 0.6 is 0 Å². The number of carboxylic acids is 1. The number of hydrogen-bond acceptors (Lipinski definition) is 9. The molecule has 2 aliphatic rings. The van der Waals surface area contributed by atoms with Crippen LogP contribution in [0.2, 0.25) is 0 Å². The first-order valence-corrected chi connectivity index (χ1v) is 17.5. The molecule has 5 amide bonds. The molecule has 2 fully saturated rings. The highest BCUT2D eigenvalue weighted by Gasteiger charge is 2.39. The van der Waals surface area contributed by atoms with E-state index in [4.69, 9.17) is 11.5 Å². The average Bonchev–Trinajstić information content (AvgIpc) is 3.81. The van der Waals surface area contributed by atoms with Gasteiger partial charge in [-0.25, -0.2) is 4.79 Å². The van der Waals surface area contributed by atoms with Crippen LogP contribution in [-0.2, 0) is 35.2 Å². The Balaban J connectivity index is 1.75. The molecule has 2 saturated heterocycles. The van der Waals surface area contributed by atoms with Crippen LogP contribution in [0.3, 0.4) is 0 Å². The maximum absolute atomic E-state index is 13.6. The second kappa shape index (κ2) is 20.2. The van der Waals surface area contributed by atoms with Gasteiger partial charge in [0.2, 0.25) is 29.5 Å². The van der Waals surface area contributed by atoms with Gasteiger partial charge >= 0.3 is 5.97 Å². The van der Waals surface area contributed by atoms with E-state index in [-0.39, 0.29) is 56.1 Å². The van der Waals surface area contributed by atoms with E-state index < -0.39 is 66.4 Å². The molecule has 51 heavy (non-hydrogen) atoms. The highest BCUT2D eigenvalue weighted by atomic mass is 16.4. The third kappa shape index (κ3) is 12.8. The number of carbonyl (C=O) groups excluding carboxylic acids is 5. The molecule has 0 bridgehead atoms. The van der Waals surface area contributed by atoms with E-state index in [0.29, 0.717) is 31.4 Å². The van der Waals surface area contributed by atoms with Crippen molar-refractivity contribution in [2.24, 2.45) is 22.4 Å². The first-order chi connectivity index (χ1) is 24.3. The summed E-state index contributed by atoms with van der Waals surface area (Å²) >= 11 is 0. The first-order valence-electron chi connectivity index (χ1n) is 17.5. The second-order valence-corrected chi connectivity index (χ2v) is 13.4. The minimum absolute atomic E-state index is 0.00497. The predicted octanol–water partition coefficient (Wildman–Crippen LogP) is -1.91. The van der Waals surface area contributed by atoms with Crippen molar-refractivity contribution >= 4 is 41.5 Å². The monoisotopic (exact) mass is 715 g/mol. The highest BCUT2D eigenvalue weighted by molar-refractivity contribution is 5.96. The number of carbonyl (C=O) groups is 6. The molecular weight excluding hydrogens is 662 g/mol. The number of guanidine groups is 1. The fourth-order valence-corrected chi connectivity index (χ4v) is 6.20. The van der Waals surface area contributed by atoms with Gasteiger partial charge in [-0.2, -0.15) is 0 Å². The largest absolute Gasteiger partial charge is 0.480 e. The van der Waals surface area contributed by atoms with E-state index in [9.17, 15) is 39.0 Å². The Hall–Kier alpha value is -4.77. The van der Waals surface area contributed by atoms with Gasteiger partial charge in [0.05, 0.1) is 12.6 Å². The molecule has 17 heteroatoms. The Morgan fingerprint density at radius 2 is 1.55 bits per heavy atom. The molecule has 6 atom stereocenters. The smallest absolute Gasteiger partial charge is 0.326 e. The highest BCUT2D eigenvalue weighted by Crippen LogP contribution is 2.21. The molecule has 0 aromatic heterocycles. The molecule has 2 heterocycles. The van der Waals surface area contributed by atoms with Gasteiger partial charge in [-0.05, 0) is 63.0 Å². The fraction of sp³-hybridized carbons (Fsp3) is 0.618. The summed E-state index contributed by atoms with van der Waals surface area (Å²) in [7, 11) is 0. The number of aliphatic imine (C=N–C) groups is 1. The Morgan fingerprint density at radius 3 is 2.16 bits per heavy atom. The van der Waals surface area contributed by atoms with E-state index in [0.717, 1.165) is 13.0 Å². The van der Waals surface area contributed by atoms with Gasteiger partial charge in [-0.15, -0.1) is 0 Å². The molecule has 0 spiro atoms. The summed E-state index contributed by atoms with van der Waals surface area (Å²) in [5, 5.41) is 33.2. The van der Waals surface area contributed by atoms with Crippen LogP contribution in [0.25, 0.3) is 0 Å². The van der Waals surface area contributed by atoms with Crippen molar-refractivity contribution in [2.75, 3.05) is 26.2 Å². The van der Waals surface area contributed by atoms with Gasteiger partial charge in [0.25, 0.3) is 0 Å². The zero-order chi connectivity index (χ0) is 37.5. The quantitative estimate of drug-likeness (QED) is 0.0433. The number of aliphatic hydroxyl groups excluding tert-OH is 1. The van der Waals surface area contributed by atoms with Crippen LogP contribution in [-0.4, -0.2) is 119 Å². The number of nitrogens with zero attached hydrogens (tertiary/aromatic N) is 2. The van der Waals surface area contributed by atoms with Crippen molar-refractivity contribution in [3.8, 4) is 0 Å². The zero-order valence-electron chi connectivity index (χ0n) is 29.3. The maximum atomic E-state index is 13.6. The van der Waals surface area contributed by atoms with Crippen molar-refractivity contribution < 1.29 is 39.0 Å². The lowest BCUT2D eigenvalue weighted by Gasteiger charge is -2.29. The van der Waals surface area contributed by atoms with Crippen LogP contribution in [0.15, 0.2) is 35.3 Å². The Bertz CT molecular complexity index is 1380. The average molecular weight is 716 g/mol. The molecule has 1 aromatic rings. The molecule has 0 unspecified atom stereocenters. The lowest BCUT2D eigenvalue weighted by Crippen LogP contribution is -2.60. The zero-order valence-corrected chi connectivity index (χ0v) is 29.3. The summed E-state index contributed by atoms with van der Waals surface area (Å²) in [6.07, 6.45) is 3.05. The number of aliphatic carboxylic acids is 1. The van der Waals surface area contributed by atoms with Gasteiger partial charge < -0.3 is 53.2 Å². The Labute approximate surface area is 297 Å². The van der Waals surface area contributed by atoms with Gasteiger partial charge in [-0.1, -0.05) is 44.2 Å². The summed E-state index contributed by atoms with van der Waals surface area (Å²) < 4.78 is 0. The molecular formula is C34H53N9O8. The van der Waals surface area contributed by atoms with Gasteiger partial charge in [-0.3, -0.25) is 29.0 Å². The van der Waals surface area contributed by atoms with E-state index in [1.54, 1.807) is 30.3 Å². The lowest BCUT2D eigenvalue weighted by molar-refractivity contribution is -0.143. The number of hydrogen-bond donors (Lipinski definition) is 9. The number of likely N-dealkylation sites (tertiary alicyclic amines) is 1. The number of rotatable bonds is 19. The van der Waals surface area contributed by atoms with Crippen LogP contribution in [0.4, 0.5) is 0 Å². The minimum atomic E-state index is -1.54. The molecule has 11 N–H and O–H groups in total. The van der Waals surface area contributed by atoms with E-state index in [2.05, 4.69) is 31.6 Å². The molecule has 2 aliphatic heterocycles. The van der Waals surface area contributed by atoms with Crippen molar-refractivity contribution in [1.82, 2.24) is 31.5 Å². The number of carboxylic acid groups (broad SMARTS) is 1. The van der Waals surface area contributed by atoms with Gasteiger partial charge in [0.1, 0.15) is 30.2 Å².